The van der Waals surface area contributed by atoms with Crippen LogP contribution in [0.1, 0.15) is 22.3 Å². The molecule has 1 aromatic heterocycles. The van der Waals surface area contributed by atoms with Crippen molar-refractivity contribution in [3.63, 3.8) is 0 Å². The quantitative estimate of drug-likeness (QED) is 0.382. The fourth-order valence-corrected chi connectivity index (χ4v) is 6.81. The van der Waals surface area contributed by atoms with Gasteiger partial charge < -0.3 is 0 Å². The molecule has 0 unspecified atom stereocenters. The molecule has 0 atom stereocenters. The van der Waals surface area contributed by atoms with Gasteiger partial charge in [-0.1, -0.05) is 35.6 Å². The predicted octanol–water partition coefficient (Wildman–Crippen LogP) is 5.45. The summed E-state index contributed by atoms with van der Waals surface area (Å²) >= 11 is 4.84. The third-order valence-electron chi connectivity index (χ3n) is 5.36. The van der Waals surface area contributed by atoms with Gasteiger partial charge in [-0.2, -0.15) is 0 Å². The van der Waals surface area contributed by atoms with Crippen LogP contribution in [0.15, 0.2) is 76.1 Å². The van der Waals surface area contributed by atoms with Gasteiger partial charge in [0.25, 0.3) is 15.9 Å². The van der Waals surface area contributed by atoms with E-state index >= 15 is 0 Å². The van der Waals surface area contributed by atoms with Gasteiger partial charge in [0.1, 0.15) is 0 Å². The predicted molar refractivity (Wildman–Crippen MR) is 131 cm³/mol. The molecule has 2 heterocycles. The third kappa shape index (κ3) is 3.80. The Morgan fingerprint density at radius 2 is 1.81 bits per heavy atom. The molecule has 1 amide bonds. The minimum atomic E-state index is -3.71. The molecule has 4 aromatic rings. The smallest absolute Gasteiger partial charge is 0.264 e. The van der Waals surface area contributed by atoms with Gasteiger partial charge in [0.2, 0.25) is 0 Å². The Labute approximate surface area is 198 Å². The van der Waals surface area contributed by atoms with Crippen LogP contribution in [0.4, 0.5) is 10.8 Å². The largest absolute Gasteiger partial charge is 0.298 e. The first-order valence-electron chi connectivity index (χ1n) is 10.0. The van der Waals surface area contributed by atoms with Gasteiger partial charge in [-0.3, -0.25) is 14.4 Å². The van der Waals surface area contributed by atoms with Crippen molar-refractivity contribution < 1.29 is 13.2 Å². The van der Waals surface area contributed by atoms with Crippen LogP contribution in [0.3, 0.4) is 0 Å². The summed E-state index contributed by atoms with van der Waals surface area (Å²) in [4.78, 5) is 17.3. The Morgan fingerprint density at radius 1 is 1.03 bits per heavy atom. The second-order valence-corrected chi connectivity index (χ2v) is 11.1. The van der Waals surface area contributed by atoms with E-state index in [9.17, 15) is 13.2 Å². The first-order valence-corrected chi connectivity index (χ1v) is 13.1. The monoisotopic (exact) mass is 527 g/mol. The lowest BCUT2D eigenvalue weighted by atomic mass is 10.0. The number of hydrogen-bond donors (Lipinski definition) is 1. The number of fused-ring (bicyclic) bond motifs is 2. The molecule has 0 fully saturated rings. The molecule has 0 radical (unpaired) electrons. The topological polar surface area (TPSA) is 79.4 Å². The summed E-state index contributed by atoms with van der Waals surface area (Å²) in [6, 6.07) is 19.3. The van der Waals surface area contributed by atoms with Crippen molar-refractivity contribution in [1.29, 1.82) is 0 Å². The van der Waals surface area contributed by atoms with Crippen LogP contribution in [0, 0.1) is 0 Å². The molecule has 32 heavy (non-hydrogen) atoms. The van der Waals surface area contributed by atoms with E-state index in [1.807, 2.05) is 42.5 Å². The molecule has 5 rings (SSSR count). The van der Waals surface area contributed by atoms with Crippen molar-refractivity contribution in [2.45, 2.75) is 17.7 Å². The number of para-hydroxylation sites is 2. The Bertz CT molecular complexity index is 1430. The van der Waals surface area contributed by atoms with Crippen LogP contribution < -0.4 is 9.62 Å². The number of rotatable bonds is 4. The molecule has 0 saturated carbocycles. The van der Waals surface area contributed by atoms with Crippen LogP contribution in [0.5, 0.6) is 0 Å². The first-order chi connectivity index (χ1) is 15.4. The number of benzene rings is 3. The van der Waals surface area contributed by atoms with E-state index in [-0.39, 0.29) is 10.8 Å². The molecular weight excluding hydrogens is 510 g/mol. The number of sulfonamides is 1. The van der Waals surface area contributed by atoms with Crippen molar-refractivity contribution in [3.05, 3.63) is 82.3 Å². The maximum atomic E-state index is 13.3. The zero-order chi connectivity index (χ0) is 22.3. The van der Waals surface area contributed by atoms with E-state index in [1.165, 1.54) is 39.9 Å². The summed E-state index contributed by atoms with van der Waals surface area (Å²) in [7, 11) is -3.71. The van der Waals surface area contributed by atoms with Gasteiger partial charge in [0.05, 0.1) is 20.8 Å². The van der Waals surface area contributed by atoms with Crippen LogP contribution in [-0.4, -0.2) is 25.9 Å². The maximum absolute atomic E-state index is 13.3. The van der Waals surface area contributed by atoms with Crippen molar-refractivity contribution in [2.75, 3.05) is 16.2 Å². The summed E-state index contributed by atoms with van der Waals surface area (Å²) in [5.74, 6) is -0.340. The number of hydrogen-bond acceptors (Lipinski definition) is 5. The molecule has 0 saturated heterocycles. The second kappa shape index (κ2) is 8.31. The van der Waals surface area contributed by atoms with Crippen LogP contribution in [-0.2, 0) is 16.4 Å². The van der Waals surface area contributed by atoms with Gasteiger partial charge in [-0.25, -0.2) is 13.4 Å². The molecule has 9 heteroatoms. The number of anilines is 2. The highest BCUT2D eigenvalue weighted by molar-refractivity contribution is 9.10. The van der Waals surface area contributed by atoms with Gasteiger partial charge in [0.15, 0.2) is 5.13 Å². The number of nitrogens with one attached hydrogen (secondary N) is 1. The highest BCUT2D eigenvalue weighted by atomic mass is 79.9. The van der Waals surface area contributed by atoms with E-state index in [0.717, 1.165) is 38.8 Å². The lowest BCUT2D eigenvalue weighted by Crippen LogP contribution is -2.35. The maximum Gasteiger partial charge on any atom is 0.264 e. The number of carbonyl (C=O) groups is 1. The van der Waals surface area contributed by atoms with E-state index in [2.05, 4.69) is 26.2 Å². The Morgan fingerprint density at radius 3 is 2.59 bits per heavy atom. The third-order valence-corrected chi connectivity index (χ3v) is 8.77. The number of carbonyl (C=O) groups excluding carboxylic acids is 1. The van der Waals surface area contributed by atoms with E-state index in [1.54, 1.807) is 0 Å². The van der Waals surface area contributed by atoms with Gasteiger partial charge in [0, 0.05) is 16.6 Å². The average Bonchev–Trinajstić information content (AvgIpc) is 3.22. The molecule has 162 valence electrons. The number of aryl methyl sites for hydroxylation is 1. The van der Waals surface area contributed by atoms with E-state index in [0.29, 0.717) is 17.2 Å². The number of thiazole rings is 1. The van der Waals surface area contributed by atoms with Gasteiger partial charge in [-0.05, 0) is 76.8 Å². The number of aromatic nitrogens is 1. The normalized spacial score (nSPS) is 13.7. The summed E-state index contributed by atoms with van der Waals surface area (Å²) < 4.78 is 29.8. The Hall–Kier alpha value is -2.75. The number of halogens is 1. The van der Waals surface area contributed by atoms with Crippen LogP contribution in [0.25, 0.3) is 10.2 Å². The summed E-state index contributed by atoms with van der Waals surface area (Å²) in [6.07, 6.45) is 1.64. The zero-order valence-electron chi connectivity index (χ0n) is 16.8. The Balaban J connectivity index is 1.38. The SMILES string of the molecule is O=C(Nc1nc2c(Br)cccc2s1)c1ccc(S(=O)(=O)N2CCCc3ccccc32)cc1. The van der Waals surface area contributed by atoms with Gasteiger partial charge in [-0.15, -0.1) is 0 Å². The molecular formula is C23H18BrN3O3S2. The highest BCUT2D eigenvalue weighted by Crippen LogP contribution is 2.33. The molecule has 1 aliphatic rings. The van der Waals surface area contributed by atoms with E-state index < -0.39 is 10.0 Å². The number of nitrogens with zero attached hydrogens (tertiary/aromatic N) is 2. The minimum absolute atomic E-state index is 0.162. The Kier molecular flexibility index (Phi) is 5.48. The fourth-order valence-electron chi connectivity index (χ4n) is 3.79. The van der Waals surface area contributed by atoms with Crippen LogP contribution >= 0.6 is 27.3 Å². The average molecular weight is 528 g/mol. The second-order valence-electron chi connectivity index (χ2n) is 7.39. The fraction of sp³-hybridized carbons (Fsp3) is 0.130. The summed E-state index contributed by atoms with van der Waals surface area (Å²) in [5, 5.41) is 3.28. The standard InChI is InChI=1S/C23H18BrN3O3S2/c24-18-7-3-9-20-21(18)25-23(31-20)26-22(28)16-10-12-17(13-11-16)32(29,30)27-14-4-6-15-5-1-2-8-19(15)27/h1-3,5,7-13H,4,6,14H2,(H,25,26,28). The molecule has 0 aliphatic carbocycles. The summed E-state index contributed by atoms with van der Waals surface area (Å²) in [5.41, 5.74) is 2.90. The van der Waals surface area contributed by atoms with Crippen molar-refractivity contribution in [2.24, 2.45) is 0 Å². The molecule has 0 spiro atoms. The van der Waals surface area contributed by atoms with Crippen LogP contribution in [0.2, 0.25) is 0 Å². The molecule has 0 bridgehead atoms. The van der Waals surface area contributed by atoms with Crippen molar-refractivity contribution in [3.8, 4) is 0 Å². The lowest BCUT2D eigenvalue weighted by Gasteiger charge is -2.30. The number of amides is 1. The van der Waals surface area contributed by atoms with Crippen molar-refractivity contribution >= 4 is 64.2 Å². The highest BCUT2D eigenvalue weighted by Gasteiger charge is 2.29. The van der Waals surface area contributed by atoms with Gasteiger partial charge >= 0.3 is 0 Å². The minimum Gasteiger partial charge on any atom is -0.298 e. The lowest BCUT2D eigenvalue weighted by molar-refractivity contribution is 0.102. The molecule has 3 aromatic carbocycles. The first kappa shape index (κ1) is 21.1. The molecule has 1 aliphatic heterocycles. The van der Waals surface area contributed by atoms with Crippen molar-refractivity contribution in [1.82, 2.24) is 4.98 Å². The zero-order valence-corrected chi connectivity index (χ0v) is 20.0. The molecule has 1 N–H and O–H groups in total. The van der Waals surface area contributed by atoms with E-state index in [4.69, 9.17) is 0 Å². The summed E-state index contributed by atoms with van der Waals surface area (Å²) in [6.45, 7) is 0.439. The molecule has 6 nitrogen and oxygen atoms in total.